The summed E-state index contributed by atoms with van der Waals surface area (Å²) >= 11 is 0. The van der Waals surface area contributed by atoms with Gasteiger partial charge in [0, 0.05) is 18.3 Å². The zero-order valence-electron chi connectivity index (χ0n) is 16.5. The first-order valence-corrected chi connectivity index (χ1v) is 9.11. The number of benzene rings is 1. The molecule has 8 heteroatoms. The van der Waals surface area contributed by atoms with Gasteiger partial charge in [-0.25, -0.2) is 4.68 Å². The molecule has 2 amide bonds. The number of para-hydroxylation sites is 1. The van der Waals surface area contributed by atoms with Gasteiger partial charge < -0.3 is 20.5 Å². The molecule has 0 saturated carbocycles. The maximum atomic E-state index is 12.6. The van der Waals surface area contributed by atoms with Crippen molar-refractivity contribution in [1.29, 1.82) is 0 Å². The Bertz CT molecular complexity index is 1010. The Kier molecular flexibility index (Phi) is 5.63. The molecule has 1 aromatic carbocycles. The van der Waals surface area contributed by atoms with E-state index in [0.717, 1.165) is 5.69 Å². The number of pyridine rings is 1. The fourth-order valence-corrected chi connectivity index (χ4v) is 2.70. The number of aromatic nitrogens is 3. The third-order valence-corrected chi connectivity index (χ3v) is 3.96. The lowest BCUT2D eigenvalue weighted by atomic mass is 10.1. The van der Waals surface area contributed by atoms with Gasteiger partial charge in [0.1, 0.15) is 6.09 Å². The Morgan fingerprint density at radius 3 is 2.41 bits per heavy atom. The van der Waals surface area contributed by atoms with Crippen molar-refractivity contribution in [2.24, 2.45) is 0 Å². The first-order chi connectivity index (χ1) is 13.7. The van der Waals surface area contributed by atoms with E-state index in [2.05, 4.69) is 20.7 Å². The van der Waals surface area contributed by atoms with Gasteiger partial charge in [0.05, 0.1) is 17.1 Å². The topological polar surface area (TPSA) is 112 Å². The van der Waals surface area contributed by atoms with Crippen LogP contribution in [0.2, 0.25) is 0 Å². The van der Waals surface area contributed by atoms with Crippen LogP contribution in [-0.4, -0.2) is 32.3 Å². The Labute approximate surface area is 168 Å². The van der Waals surface area contributed by atoms with Crippen LogP contribution in [0.25, 0.3) is 17.1 Å². The number of carbonyl (C=O) groups excluding carboxylic acids is 2. The van der Waals surface area contributed by atoms with Gasteiger partial charge in [-0.15, -0.1) is 0 Å². The van der Waals surface area contributed by atoms with Crippen LogP contribution >= 0.6 is 0 Å². The van der Waals surface area contributed by atoms with E-state index < -0.39 is 6.09 Å². The summed E-state index contributed by atoms with van der Waals surface area (Å²) < 4.78 is 1.67. The average Bonchev–Trinajstić information content (AvgIpc) is 3.12. The predicted octanol–water partition coefficient (Wildman–Crippen LogP) is 1.90. The standard InChI is InChI=1S/C21H23N5O3/c1-21(2,3)24-19(27)17-11-18(26(25-17)15-7-5-4-6-8-15)16-10-9-14(12-22-16)13-23-20(28)29/h4-12,23H,13H2,1-3H3,(H,24,27)(H,28,29)/p-1. The van der Waals surface area contributed by atoms with Crippen LogP contribution in [0.15, 0.2) is 54.7 Å². The summed E-state index contributed by atoms with van der Waals surface area (Å²) in [6, 6.07) is 14.7. The fourth-order valence-electron chi connectivity index (χ4n) is 2.70. The minimum atomic E-state index is -1.34. The molecule has 2 aromatic heterocycles. The zero-order valence-corrected chi connectivity index (χ0v) is 16.5. The van der Waals surface area contributed by atoms with Gasteiger partial charge in [-0.3, -0.25) is 9.78 Å². The first-order valence-electron chi connectivity index (χ1n) is 9.11. The number of rotatable bonds is 5. The van der Waals surface area contributed by atoms with Gasteiger partial charge in [-0.2, -0.15) is 5.10 Å². The molecule has 0 aliphatic rings. The second-order valence-electron chi connectivity index (χ2n) is 7.56. The van der Waals surface area contributed by atoms with E-state index in [0.29, 0.717) is 17.0 Å². The second kappa shape index (κ2) is 8.14. The van der Waals surface area contributed by atoms with E-state index in [9.17, 15) is 14.7 Å². The summed E-state index contributed by atoms with van der Waals surface area (Å²) in [6.45, 7) is 5.82. The highest BCUT2D eigenvalue weighted by Crippen LogP contribution is 2.23. The monoisotopic (exact) mass is 392 g/mol. The lowest BCUT2D eigenvalue weighted by molar-refractivity contribution is -0.251. The Morgan fingerprint density at radius 1 is 1.10 bits per heavy atom. The van der Waals surface area contributed by atoms with Crippen LogP contribution in [0.4, 0.5) is 4.79 Å². The summed E-state index contributed by atoms with van der Waals surface area (Å²) in [5, 5.41) is 20.1. The number of hydrogen-bond donors (Lipinski definition) is 2. The fraction of sp³-hybridized carbons (Fsp3) is 0.238. The van der Waals surface area contributed by atoms with Gasteiger partial charge in [0.25, 0.3) is 5.91 Å². The lowest BCUT2D eigenvalue weighted by Gasteiger charge is -2.19. The van der Waals surface area contributed by atoms with Crippen LogP contribution in [-0.2, 0) is 6.54 Å². The van der Waals surface area contributed by atoms with Crippen molar-refractivity contribution in [3.05, 3.63) is 66.0 Å². The van der Waals surface area contributed by atoms with Gasteiger partial charge in [-0.05, 0) is 50.6 Å². The molecule has 0 fully saturated rings. The van der Waals surface area contributed by atoms with E-state index >= 15 is 0 Å². The largest absolute Gasteiger partial charge is 0.530 e. The Morgan fingerprint density at radius 2 is 1.83 bits per heavy atom. The Balaban J connectivity index is 1.98. The number of amides is 2. The number of carboxylic acid groups (broad SMARTS) is 1. The maximum absolute atomic E-state index is 12.6. The third kappa shape index (κ3) is 5.19. The molecule has 0 radical (unpaired) electrons. The number of hydrogen-bond acceptors (Lipinski definition) is 5. The molecule has 0 unspecified atom stereocenters. The SMILES string of the molecule is CC(C)(C)NC(=O)c1cc(-c2ccc(CNC(=O)[O-])cn2)n(-c2ccccc2)n1. The minimum Gasteiger partial charge on any atom is -0.530 e. The van der Waals surface area contributed by atoms with E-state index in [-0.39, 0.29) is 23.7 Å². The Hall–Kier alpha value is -3.68. The van der Waals surface area contributed by atoms with Gasteiger partial charge in [-0.1, -0.05) is 24.3 Å². The molecular weight excluding hydrogens is 370 g/mol. The molecule has 3 rings (SSSR count). The van der Waals surface area contributed by atoms with E-state index in [1.54, 1.807) is 29.1 Å². The van der Waals surface area contributed by atoms with Crippen molar-refractivity contribution in [1.82, 2.24) is 25.4 Å². The summed E-state index contributed by atoms with van der Waals surface area (Å²) in [7, 11) is 0. The predicted molar refractivity (Wildman–Crippen MR) is 106 cm³/mol. The van der Waals surface area contributed by atoms with Crippen LogP contribution in [0.5, 0.6) is 0 Å². The number of carbonyl (C=O) groups is 2. The van der Waals surface area contributed by atoms with Crippen LogP contribution in [0, 0.1) is 0 Å². The third-order valence-electron chi connectivity index (χ3n) is 3.96. The summed E-state index contributed by atoms with van der Waals surface area (Å²) in [5.74, 6) is -0.275. The normalized spacial score (nSPS) is 11.1. The van der Waals surface area contributed by atoms with Gasteiger partial charge >= 0.3 is 0 Å². The number of nitrogens with zero attached hydrogens (tertiary/aromatic N) is 3. The van der Waals surface area contributed by atoms with Crippen LogP contribution < -0.4 is 15.7 Å². The van der Waals surface area contributed by atoms with Gasteiger partial charge in [0.15, 0.2) is 5.69 Å². The van der Waals surface area contributed by atoms with Crippen LogP contribution in [0.1, 0.15) is 36.8 Å². The lowest BCUT2D eigenvalue weighted by Crippen LogP contribution is -2.40. The van der Waals surface area contributed by atoms with Gasteiger partial charge in [0.2, 0.25) is 0 Å². The van der Waals surface area contributed by atoms with Crippen molar-refractivity contribution in [3.63, 3.8) is 0 Å². The van der Waals surface area contributed by atoms with Crippen molar-refractivity contribution in [2.45, 2.75) is 32.9 Å². The van der Waals surface area contributed by atoms with Crippen molar-refractivity contribution in [2.75, 3.05) is 0 Å². The molecule has 0 bridgehead atoms. The molecule has 0 aliphatic carbocycles. The molecule has 150 valence electrons. The molecule has 2 N–H and O–H groups in total. The molecule has 0 saturated heterocycles. The highest BCUT2D eigenvalue weighted by Gasteiger charge is 2.21. The average molecular weight is 392 g/mol. The van der Waals surface area contributed by atoms with E-state index in [4.69, 9.17) is 0 Å². The smallest absolute Gasteiger partial charge is 0.272 e. The maximum Gasteiger partial charge on any atom is 0.272 e. The quantitative estimate of drug-likeness (QED) is 0.689. The summed E-state index contributed by atoms with van der Waals surface area (Å²) in [4.78, 5) is 27.6. The first kappa shape index (κ1) is 20.1. The van der Waals surface area contributed by atoms with Crippen LogP contribution in [0.3, 0.4) is 0 Å². The molecule has 3 aromatic rings. The minimum absolute atomic E-state index is 0.104. The number of nitrogens with one attached hydrogen (secondary N) is 2. The van der Waals surface area contributed by atoms with E-state index in [1.807, 2.05) is 51.1 Å². The molecule has 8 nitrogen and oxygen atoms in total. The summed E-state index contributed by atoms with van der Waals surface area (Å²) in [5.41, 5.74) is 2.63. The highest BCUT2D eigenvalue weighted by molar-refractivity contribution is 5.94. The summed E-state index contributed by atoms with van der Waals surface area (Å²) in [6.07, 6.45) is 0.230. The molecule has 29 heavy (non-hydrogen) atoms. The van der Waals surface area contributed by atoms with Crippen molar-refractivity contribution >= 4 is 12.0 Å². The zero-order chi connectivity index (χ0) is 21.0. The molecule has 0 atom stereocenters. The molecule has 0 aliphatic heterocycles. The van der Waals surface area contributed by atoms with Crippen molar-refractivity contribution < 1.29 is 14.7 Å². The molecular formula is C21H22N5O3-. The van der Waals surface area contributed by atoms with Crippen molar-refractivity contribution in [3.8, 4) is 17.1 Å². The second-order valence-corrected chi connectivity index (χ2v) is 7.56. The highest BCUT2D eigenvalue weighted by atomic mass is 16.4. The van der Waals surface area contributed by atoms with E-state index in [1.165, 1.54) is 0 Å². The molecule has 2 heterocycles. The molecule has 0 spiro atoms.